The van der Waals surface area contributed by atoms with Crippen molar-refractivity contribution in [3.8, 4) is 0 Å². The van der Waals surface area contributed by atoms with Gasteiger partial charge in [-0.25, -0.2) is 0 Å². The summed E-state index contributed by atoms with van der Waals surface area (Å²) in [4.78, 5) is 12.2. The Balaban J connectivity index is 1.82. The third-order valence-corrected chi connectivity index (χ3v) is 3.27. The van der Waals surface area contributed by atoms with Crippen molar-refractivity contribution in [3.05, 3.63) is 59.5 Å². The van der Waals surface area contributed by atoms with Crippen LogP contribution in [0.2, 0.25) is 0 Å². The molecule has 3 rings (SSSR count). The second-order valence-electron chi connectivity index (χ2n) is 4.90. The molecular formula is C16H15N3O2. The molecule has 5 heteroatoms. The second-order valence-corrected chi connectivity index (χ2v) is 4.90. The molecule has 0 saturated heterocycles. The molecule has 0 bridgehead atoms. The predicted octanol–water partition coefficient (Wildman–Crippen LogP) is 2.65. The van der Waals surface area contributed by atoms with Crippen molar-refractivity contribution in [2.45, 2.75) is 13.5 Å². The molecule has 3 N–H and O–H groups in total. The van der Waals surface area contributed by atoms with Crippen LogP contribution in [0.15, 0.2) is 47.0 Å². The van der Waals surface area contributed by atoms with Gasteiger partial charge in [0, 0.05) is 11.8 Å². The van der Waals surface area contributed by atoms with Crippen LogP contribution in [0, 0.1) is 6.92 Å². The number of rotatable bonds is 3. The first-order valence-corrected chi connectivity index (χ1v) is 6.62. The van der Waals surface area contributed by atoms with Crippen molar-refractivity contribution < 1.29 is 9.32 Å². The fraction of sp³-hybridized carbons (Fsp3) is 0.125. The Morgan fingerprint density at radius 3 is 2.62 bits per heavy atom. The van der Waals surface area contributed by atoms with E-state index in [1.165, 1.54) is 0 Å². The lowest BCUT2D eigenvalue weighted by Crippen LogP contribution is -2.24. The van der Waals surface area contributed by atoms with Crippen LogP contribution >= 0.6 is 0 Å². The lowest BCUT2D eigenvalue weighted by atomic mass is 10.0. The number of carbonyl (C=O) groups excluding carboxylic acids is 1. The van der Waals surface area contributed by atoms with E-state index >= 15 is 0 Å². The van der Waals surface area contributed by atoms with E-state index in [4.69, 9.17) is 10.3 Å². The number of amides is 1. The van der Waals surface area contributed by atoms with E-state index in [0.29, 0.717) is 29.2 Å². The van der Waals surface area contributed by atoms with Gasteiger partial charge in [-0.1, -0.05) is 29.4 Å². The van der Waals surface area contributed by atoms with Gasteiger partial charge in [0.2, 0.25) is 0 Å². The van der Waals surface area contributed by atoms with Crippen LogP contribution in [-0.2, 0) is 6.54 Å². The van der Waals surface area contributed by atoms with Crippen LogP contribution in [0.3, 0.4) is 0 Å². The van der Waals surface area contributed by atoms with Gasteiger partial charge in [-0.15, -0.1) is 0 Å². The quantitative estimate of drug-likeness (QED) is 0.723. The third kappa shape index (κ3) is 2.72. The van der Waals surface area contributed by atoms with Gasteiger partial charge >= 0.3 is 0 Å². The van der Waals surface area contributed by atoms with Crippen LogP contribution in [0.4, 0.5) is 5.69 Å². The smallest absolute Gasteiger partial charge is 0.253 e. The third-order valence-electron chi connectivity index (χ3n) is 3.27. The largest absolute Gasteiger partial charge is 0.398 e. The molecule has 0 spiro atoms. The number of nitrogen functional groups attached to an aromatic ring is 1. The fourth-order valence-corrected chi connectivity index (χ4v) is 2.22. The summed E-state index contributed by atoms with van der Waals surface area (Å²) in [5.41, 5.74) is 7.57. The zero-order chi connectivity index (χ0) is 14.8. The Kier molecular flexibility index (Phi) is 3.31. The van der Waals surface area contributed by atoms with Crippen LogP contribution in [0.5, 0.6) is 0 Å². The van der Waals surface area contributed by atoms with Crippen molar-refractivity contribution in [1.82, 2.24) is 10.5 Å². The first kappa shape index (κ1) is 13.2. The Morgan fingerprint density at radius 2 is 1.95 bits per heavy atom. The Hall–Kier alpha value is -2.82. The number of carbonyl (C=O) groups is 1. The molecule has 1 amide bonds. The van der Waals surface area contributed by atoms with E-state index < -0.39 is 0 Å². The summed E-state index contributed by atoms with van der Waals surface area (Å²) in [5.74, 6) is 0.489. The monoisotopic (exact) mass is 281 g/mol. The lowest BCUT2D eigenvalue weighted by Gasteiger charge is -2.08. The molecule has 0 fully saturated rings. The van der Waals surface area contributed by atoms with Crippen LogP contribution in [0.1, 0.15) is 21.8 Å². The van der Waals surface area contributed by atoms with Gasteiger partial charge in [0.1, 0.15) is 11.5 Å². The van der Waals surface area contributed by atoms with Gasteiger partial charge < -0.3 is 15.6 Å². The topological polar surface area (TPSA) is 81.2 Å². The summed E-state index contributed by atoms with van der Waals surface area (Å²) < 4.78 is 4.96. The molecule has 0 aliphatic rings. The zero-order valence-corrected chi connectivity index (χ0v) is 11.6. The molecule has 21 heavy (non-hydrogen) atoms. The van der Waals surface area contributed by atoms with Gasteiger partial charge in [-0.05, 0) is 29.8 Å². The molecule has 1 aromatic heterocycles. The molecule has 0 unspecified atom stereocenters. The minimum Gasteiger partial charge on any atom is -0.398 e. The number of benzene rings is 2. The van der Waals surface area contributed by atoms with Crippen molar-refractivity contribution in [2.75, 3.05) is 5.73 Å². The molecule has 2 aromatic carbocycles. The van der Waals surface area contributed by atoms with Gasteiger partial charge in [0.25, 0.3) is 5.91 Å². The molecule has 0 radical (unpaired) electrons. The van der Waals surface area contributed by atoms with Gasteiger partial charge in [0.15, 0.2) is 0 Å². The maximum atomic E-state index is 12.2. The summed E-state index contributed by atoms with van der Waals surface area (Å²) in [6.45, 7) is 2.11. The SMILES string of the molecule is Cc1cc(CNC(=O)c2cc3ccccc3cc2N)no1. The molecular weight excluding hydrogens is 266 g/mol. The molecule has 0 aliphatic heterocycles. The number of nitrogens with zero attached hydrogens (tertiary/aromatic N) is 1. The van der Waals surface area contributed by atoms with E-state index in [2.05, 4.69) is 10.5 Å². The van der Waals surface area contributed by atoms with Crippen molar-refractivity contribution in [3.63, 3.8) is 0 Å². The van der Waals surface area contributed by atoms with Crippen molar-refractivity contribution >= 4 is 22.4 Å². The molecule has 0 atom stereocenters. The van der Waals surface area contributed by atoms with E-state index in [1.807, 2.05) is 30.3 Å². The summed E-state index contributed by atoms with van der Waals surface area (Å²) in [6, 6.07) is 13.2. The summed E-state index contributed by atoms with van der Waals surface area (Å²) >= 11 is 0. The maximum Gasteiger partial charge on any atom is 0.253 e. The first-order valence-electron chi connectivity index (χ1n) is 6.62. The standard InChI is InChI=1S/C16H15N3O2/c1-10-6-13(19-21-10)9-18-16(20)14-7-11-4-2-3-5-12(11)8-15(14)17/h2-8H,9,17H2,1H3,(H,18,20). The molecule has 0 saturated carbocycles. The van der Waals surface area contributed by atoms with Crippen molar-refractivity contribution in [2.24, 2.45) is 0 Å². The number of hydrogen-bond acceptors (Lipinski definition) is 4. The minimum atomic E-state index is -0.223. The molecule has 5 nitrogen and oxygen atoms in total. The molecule has 3 aromatic rings. The summed E-state index contributed by atoms with van der Waals surface area (Å²) in [5, 5.41) is 8.62. The zero-order valence-electron chi connectivity index (χ0n) is 11.6. The molecule has 1 heterocycles. The average molecular weight is 281 g/mol. The minimum absolute atomic E-state index is 0.223. The number of aromatic nitrogens is 1. The maximum absolute atomic E-state index is 12.2. The lowest BCUT2D eigenvalue weighted by molar-refractivity contribution is 0.0951. The number of hydrogen-bond donors (Lipinski definition) is 2. The predicted molar refractivity (Wildman–Crippen MR) is 80.8 cm³/mol. The number of nitrogens with two attached hydrogens (primary N) is 1. The highest BCUT2D eigenvalue weighted by atomic mass is 16.5. The Bertz CT molecular complexity index is 808. The number of aryl methyl sites for hydroxylation is 1. The van der Waals surface area contributed by atoms with Crippen molar-refractivity contribution in [1.29, 1.82) is 0 Å². The normalized spacial score (nSPS) is 10.7. The number of fused-ring (bicyclic) bond motifs is 1. The molecule has 0 aliphatic carbocycles. The highest BCUT2D eigenvalue weighted by Gasteiger charge is 2.11. The Labute approximate surface area is 121 Å². The summed E-state index contributed by atoms with van der Waals surface area (Å²) in [6.07, 6.45) is 0. The van der Waals surface area contributed by atoms with Crippen LogP contribution < -0.4 is 11.1 Å². The summed E-state index contributed by atoms with van der Waals surface area (Å²) in [7, 11) is 0. The van der Waals surface area contributed by atoms with E-state index in [9.17, 15) is 4.79 Å². The van der Waals surface area contributed by atoms with Gasteiger partial charge in [0.05, 0.1) is 12.1 Å². The van der Waals surface area contributed by atoms with E-state index in [-0.39, 0.29) is 5.91 Å². The van der Waals surface area contributed by atoms with Crippen LogP contribution in [0.25, 0.3) is 10.8 Å². The van der Waals surface area contributed by atoms with Gasteiger partial charge in [-0.3, -0.25) is 4.79 Å². The second kappa shape index (κ2) is 5.28. The highest BCUT2D eigenvalue weighted by molar-refractivity contribution is 6.03. The Morgan fingerprint density at radius 1 is 1.24 bits per heavy atom. The number of anilines is 1. The number of nitrogens with one attached hydrogen (secondary N) is 1. The van der Waals surface area contributed by atoms with E-state index in [1.54, 1.807) is 19.1 Å². The van der Waals surface area contributed by atoms with Gasteiger partial charge in [-0.2, -0.15) is 0 Å². The van der Waals surface area contributed by atoms with E-state index in [0.717, 1.165) is 10.8 Å². The average Bonchev–Trinajstić information content (AvgIpc) is 2.89. The van der Waals surface area contributed by atoms with Crippen LogP contribution in [-0.4, -0.2) is 11.1 Å². The highest BCUT2D eigenvalue weighted by Crippen LogP contribution is 2.21. The molecule has 106 valence electrons. The first-order chi connectivity index (χ1) is 10.1. The fourth-order valence-electron chi connectivity index (χ4n) is 2.22.